The number of esters is 1. The SMILES string of the molecule is CC(=O)OCc1ccc(CCCCNC(=O)CN2C(O)[C@@H](N3C(=O)CC(C)C3=O)C[C@H]2COCCS(=O)(=O)O)cc1O[C@@H]1O[C@H](C(=O)O)[C@@H](O)[C@H](O)[C@H]1O. The molecule has 1 aromatic rings. The van der Waals surface area contributed by atoms with Gasteiger partial charge in [-0.1, -0.05) is 19.1 Å². The molecule has 302 valence electrons. The maximum absolute atomic E-state index is 13.0. The van der Waals surface area contributed by atoms with Crippen molar-refractivity contribution >= 4 is 39.8 Å². The van der Waals surface area contributed by atoms with Crippen molar-refractivity contribution in [2.45, 2.75) is 102 Å². The Kier molecular flexibility index (Phi) is 14.9. The molecule has 0 aromatic heterocycles. The summed E-state index contributed by atoms with van der Waals surface area (Å²) >= 11 is 0. The van der Waals surface area contributed by atoms with Crippen LogP contribution in [-0.2, 0) is 61.3 Å². The van der Waals surface area contributed by atoms with E-state index in [0.717, 1.165) is 4.90 Å². The van der Waals surface area contributed by atoms with E-state index in [9.17, 15) is 57.9 Å². The number of unbranched alkanes of at least 4 members (excludes halogenated alkanes) is 1. The third-order valence-corrected chi connectivity index (χ3v) is 10.0. The highest BCUT2D eigenvalue weighted by molar-refractivity contribution is 7.85. The van der Waals surface area contributed by atoms with E-state index in [4.69, 9.17) is 23.5 Å². The van der Waals surface area contributed by atoms with E-state index >= 15 is 0 Å². The molecule has 3 saturated heterocycles. The molecule has 0 radical (unpaired) electrons. The number of hydrogen-bond donors (Lipinski definition) is 7. The number of ether oxygens (including phenoxy) is 4. The fourth-order valence-corrected chi connectivity index (χ4v) is 6.81. The standard InChI is InChI=1S/C33H47N3O17S/c1-17-11-25(39)36(30(17)43)22-13-21(16-50-9-10-54(47,48)49)35(31(22)44)14-24(38)34-8-4-3-5-19-6-7-20(15-51-18(2)37)23(12-19)52-33-28(42)26(40)27(41)29(53-33)32(45)46/h6-7,12,17,21-22,26-29,31,33,40-42,44H,3-5,8-11,13-16H2,1-2H3,(H,34,38)(H,45,46)(H,47,48,49)/t17?,21-,22-,26-,27-,28+,29-,31?,33+/m0/s1. The van der Waals surface area contributed by atoms with Crippen LogP contribution in [0.25, 0.3) is 0 Å². The van der Waals surface area contributed by atoms with Crippen molar-refractivity contribution in [3.05, 3.63) is 29.3 Å². The summed E-state index contributed by atoms with van der Waals surface area (Å²) < 4.78 is 52.6. The fraction of sp³-hybridized carbons (Fsp3) is 0.667. The molecule has 1 aromatic carbocycles. The van der Waals surface area contributed by atoms with Crippen molar-refractivity contribution in [2.24, 2.45) is 5.92 Å². The number of amides is 3. The first-order valence-electron chi connectivity index (χ1n) is 17.3. The molecule has 4 rings (SSSR count). The smallest absolute Gasteiger partial charge is 0.335 e. The van der Waals surface area contributed by atoms with Gasteiger partial charge in [0, 0.05) is 37.4 Å². The van der Waals surface area contributed by atoms with Gasteiger partial charge in [0.2, 0.25) is 24.0 Å². The van der Waals surface area contributed by atoms with Gasteiger partial charge in [-0.25, -0.2) is 4.79 Å². The first kappa shape index (κ1) is 42.9. The van der Waals surface area contributed by atoms with Gasteiger partial charge < -0.3 is 49.8 Å². The van der Waals surface area contributed by atoms with Crippen molar-refractivity contribution in [3.8, 4) is 5.75 Å². The maximum atomic E-state index is 13.0. The monoisotopic (exact) mass is 789 g/mol. The van der Waals surface area contributed by atoms with E-state index < -0.39 is 100 Å². The quantitative estimate of drug-likeness (QED) is 0.0351. The minimum absolute atomic E-state index is 0.00869. The average molecular weight is 790 g/mol. The molecule has 0 bridgehead atoms. The lowest BCUT2D eigenvalue weighted by atomic mass is 9.99. The number of nitrogens with one attached hydrogen (secondary N) is 1. The van der Waals surface area contributed by atoms with Crippen LogP contribution in [0.2, 0.25) is 0 Å². The highest BCUT2D eigenvalue weighted by Gasteiger charge is 2.51. The predicted molar refractivity (Wildman–Crippen MR) is 181 cm³/mol. The first-order chi connectivity index (χ1) is 25.4. The van der Waals surface area contributed by atoms with Gasteiger partial charge in [0.1, 0.15) is 36.9 Å². The van der Waals surface area contributed by atoms with Crippen LogP contribution in [0.1, 0.15) is 50.7 Å². The number of aliphatic hydroxyl groups excluding tert-OH is 4. The molecule has 7 N–H and O–H groups in total. The Hall–Kier alpha value is -3.80. The lowest BCUT2D eigenvalue weighted by molar-refractivity contribution is -0.271. The topological polar surface area (TPSA) is 296 Å². The zero-order valence-electron chi connectivity index (χ0n) is 29.7. The van der Waals surface area contributed by atoms with Crippen LogP contribution in [0.15, 0.2) is 18.2 Å². The molecule has 2 unspecified atom stereocenters. The zero-order valence-corrected chi connectivity index (χ0v) is 30.5. The third-order valence-electron chi connectivity index (χ3n) is 9.36. The van der Waals surface area contributed by atoms with Gasteiger partial charge in [-0.3, -0.25) is 33.5 Å². The largest absolute Gasteiger partial charge is 0.479 e. The Balaban J connectivity index is 1.33. The van der Waals surface area contributed by atoms with Gasteiger partial charge >= 0.3 is 11.9 Å². The van der Waals surface area contributed by atoms with Gasteiger partial charge in [-0.2, -0.15) is 8.42 Å². The molecule has 0 spiro atoms. The predicted octanol–water partition coefficient (Wildman–Crippen LogP) is -2.48. The minimum atomic E-state index is -4.29. The molecular weight excluding hydrogens is 742 g/mol. The molecule has 20 nitrogen and oxygen atoms in total. The zero-order chi connectivity index (χ0) is 39.9. The highest BCUT2D eigenvalue weighted by Crippen LogP contribution is 2.33. The number of carboxylic acid groups (broad SMARTS) is 1. The van der Waals surface area contributed by atoms with E-state index in [0.29, 0.717) is 30.4 Å². The Bertz CT molecular complexity index is 1640. The lowest BCUT2D eigenvalue weighted by Gasteiger charge is -2.38. The summed E-state index contributed by atoms with van der Waals surface area (Å²) in [5.74, 6) is -4.70. The Morgan fingerprint density at radius 3 is 2.41 bits per heavy atom. The second kappa shape index (κ2) is 18.7. The minimum Gasteiger partial charge on any atom is -0.479 e. The van der Waals surface area contributed by atoms with Crippen LogP contribution in [-0.4, -0.2) is 159 Å². The van der Waals surface area contributed by atoms with Crippen molar-refractivity contribution in [1.29, 1.82) is 0 Å². The molecule has 9 atom stereocenters. The second-order valence-electron chi connectivity index (χ2n) is 13.5. The number of carbonyl (C=O) groups excluding carboxylic acids is 4. The van der Waals surface area contributed by atoms with E-state index in [1.807, 2.05) is 0 Å². The molecule has 0 saturated carbocycles. The summed E-state index contributed by atoms with van der Waals surface area (Å²) in [6, 6.07) is 3.25. The molecule has 3 heterocycles. The Morgan fingerprint density at radius 1 is 1.06 bits per heavy atom. The van der Waals surface area contributed by atoms with Crippen LogP contribution < -0.4 is 10.1 Å². The molecular formula is C33H47N3O17S. The average Bonchev–Trinajstić information content (AvgIpc) is 3.52. The number of imide groups is 1. The van der Waals surface area contributed by atoms with Crippen LogP contribution in [0.3, 0.4) is 0 Å². The number of aryl methyl sites for hydroxylation is 1. The molecule has 21 heteroatoms. The van der Waals surface area contributed by atoms with E-state index in [1.54, 1.807) is 25.1 Å². The number of rotatable bonds is 18. The summed E-state index contributed by atoms with van der Waals surface area (Å²) in [6.07, 6.45) is -9.09. The number of aliphatic hydroxyl groups is 4. The van der Waals surface area contributed by atoms with E-state index in [2.05, 4.69) is 5.32 Å². The number of likely N-dealkylation sites (tertiary alicyclic amines) is 2. The van der Waals surface area contributed by atoms with Crippen LogP contribution in [0, 0.1) is 5.92 Å². The Labute approximate surface area is 310 Å². The number of aliphatic carboxylic acids is 1. The number of benzene rings is 1. The highest BCUT2D eigenvalue weighted by atomic mass is 32.2. The van der Waals surface area contributed by atoms with Crippen LogP contribution in [0.4, 0.5) is 0 Å². The van der Waals surface area contributed by atoms with Gasteiger partial charge in [0.15, 0.2) is 6.10 Å². The summed E-state index contributed by atoms with van der Waals surface area (Å²) in [4.78, 5) is 63.6. The molecule has 54 heavy (non-hydrogen) atoms. The van der Waals surface area contributed by atoms with Gasteiger partial charge in [0.05, 0.1) is 31.6 Å². The van der Waals surface area contributed by atoms with Gasteiger partial charge in [-0.05, 0) is 37.3 Å². The first-order valence-corrected chi connectivity index (χ1v) is 18.9. The molecule has 0 aliphatic carbocycles. The molecule has 3 amide bonds. The third kappa shape index (κ3) is 11.1. The number of hydrogen-bond acceptors (Lipinski definition) is 16. The molecule has 3 fully saturated rings. The van der Waals surface area contributed by atoms with Gasteiger partial charge in [0.25, 0.3) is 10.1 Å². The van der Waals surface area contributed by atoms with Crippen LogP contribution >= 0.6 is 0 Å². The van der Waals surface area contributed by atoms with Crippen LogP contribution in [0.5, 0.6) is 5.75 Å². The fourth-order valence-electron chi connectivity index (χ4n) is 6.48. The summed E-state index contributed by atoms with van der Waals surface area (Å²) in [6.45, 7) is 1.95. The van der Waals surface area contributed by atoms with Crippen molar-refractivity contribution in [1.82, 2.24) is 15.1 Å². The van der Waals surface area contributed by atoms with Gasteiger partial charge in [-0.15, -0.1) is 0 Å². The normalized spacial score (nSPS) is 29.0. The van der Waals surface area contributed by atoms with Crippen molar-refractivity contribution in [2.75, 3.05) is 32.1 Å². The van der Waals surface area contributed by atoms with Crippen molar-refractivity contribution in [3.63, 3.8) is 0 Å². The lowest BCUT2D eigenvalue weighted by Crippen LogP contribution is -2.61. The van der Waals surface area contributed by atoms with Crippen molar-refractivity contribution < 1.29 is 81.4 Å². The maximum Gasteiger partial charge on any atom is 0.335 e. The number of nitrogens with zero attached hydrogens (tertiary/aromatic N) is 2. The molecule has 3 aliphatic rings. The summed E-state index contributed by atoms with van der Waals surface area (Å²) in [5, 5.41) is 53.9. The van der Waals surface area contributed by atoms with E-state index in [1.165, 1.54) is 11.8 Å². The van der Waals surface area contributed by atoms with E-state index in [-0.39, 0.29) is 51.5 Å². The Morgan fingerprint density at radius 2 is 1.78 bits per heavy atom. The number of carboxylic acids is 1. The summed E-state index contributed by atoms with van der Waals surface area (Å²) in [5.41, 5.74) is 1.04. The number of carbonyl (C=O) groups is 5. The second-order valence-corrected chi connectivity index (χ2v) is 15.1. The molecule has 3 aliphatic heterocycles. The summed E-state index contributed by atoms with van der Waals surface area (Å²) in [7, 11) is -4.29.